The molecule has 0 radical (unpaired) electrons. The van der Waals surface area contributed by atoms with Crippen molar-refractivity contribution in [3.05, 3.63) is 59.9 Å². The third kappa shape index (κ3) is 5.64. The van der Waals surface area contributed by atoms with E-state index in [1.807, 2.05) is 0 Å². The smallest absolute Gasteiger partial charge is 0.258 e. The summed E-state index contributed by atoms with van der Waals surface area (Å²) < 4.78 is 13.2. The minimum Gasteiger partial charge on any atom is -0.370 e. The lowest BCUT2D eigenvalue weighted by Crippen LogP contribution is -2.34. The van der Waals surface area contributed by atoms with Crippen LogP contribution in [-0.2, 0) is 9.59 Å². The SMILES string of the molecule is CC(C)(C)C(=O)Nc1cccc(C(=O)N(CCC(N)=O)c2ccc(F)cc2)c1. The molecule has 0 spiro atoms. The molecule has 0 unspecified atom stereocenters. The lowest BCUT2D eigenvalue weighted by molar-refractivity contribution is -0.123. The van der Waals surface area contributed by atoms with E-state index >= 15 is 0 Å². The molecule has 0 atom stereocenters. The summed E-state index contributed by atoms with van der Waals surface area (Å²) in [4.78, 5) is 37.8. The molecule has 0 saturated carbocycles. The maximum Gasteiger partial charge on any atom is 0.258 e. The molecular weight excluding hydrogens is 361 g/mol. The van der Waals surface area contributed by atoms with E-state index in [0.717, 1.165) is 0 Å². The third-order valence-corrected chi connectivity index (χ3v) is 4.01. The van der Waals surface area contributed by atoms with Crippen LogP contribution in [0.25, 0.3) is 0 Å². The van der Waals surface area contributed by atoms with Gasteiger partial charge in [0.15, 0.2) is 0 Å². The molecule has 0 aliphatic carbocycles. The van der Waals surface area contributed by atoms with Gasteiger partial charge in [0.2, 0.25) is 11.8 Å². The first kappa shape index (κ1) is 21.1. The Morgan fingerprint density at radius 1 is 1.07 bits per heavy atom. The highest BCUT2D eigenvalue weighted by molar-refractivity contribution is 6.07. The van der Waals surface area contributed by atoms with E-state index in [9.17, 15) is 18.8 Å². The van der Waals surface area contributed by atoms with E-state index < -0.39 is 17.1 Å². The van der Waals surface area contributed by atoms with Gasteiger partial charge in [-0.15, -0.1) is 0 Å². The van der Waals surface area contributed by atoms with Crippen molar-refractivity contribution in [3.63, 3.8) is 0 Å². The van der Waals surface area contributed by atoms with Crippen molar-refractivity contribution in [3.8, 4) is 0 Å². The van der Waals surface area contributed by atoms with Gasteiger partial charge in [0.05, 0.1) is 0 Å². The maximum atomic E-state index is 13.2. The molecule has 0 fully saturated rings. The summed E-state index contributed by atoms with van der Waals surface area (Å²) in [5.41, 5.74) is 5.88. The Hall–Kier alpha value is -3.22. The Bertz CT molecular complexity index is 873. The minimum atomic E-state index is -0.582. The van der Waals surface area contributed by atoms with E-state index in [4.69, 9.17) is 5.73 Å². The van der Waals surface area contributed by atoms with Crippen LogP contribution >= 0.6 is 0 Å². The quantitative estimate of drug-likeness (QED) is 0.799. The molecule has 6 nitrogen and oxygen atoms in total. The number of hydrogen-bond donors (Lipinski definition) is 2. The number of nitrogens with two attached hydrogens (primary N) is 1. The maximum absolute atomic E-state index is 13.2. The van der Waals surface area contributed by atoms with Gasteiger partial charge in [-0.05, 0) is 42.5 Å². The number of nitrogens with zero attached hydrogens (tertiary/aromatic N) is 1. The van der Waals surface area contributed by atoms with Crippen molar-refractivity contribution < 1.29 is 18.8 Å². The topological polar surface area (TPSA) is 92.5 Å². The highest BCUT2D eigenvalue weighted by atomic mass is 19.1. The third-order valence-electron chi connectivity index (χ3n) is 4.01. The molecule has 148 valence electrons. The van der Waals surface area contributed by atoms with Crippen molar-refractivity contribution in [2.45, 2.75) is 27.2 Å². The molecule has 7 heteroatoms. The Balaban J connectivity index is 2.30. The van der Waals surface area contributed by atoms with E-state index in [0.29, 0.717) is 16.9 Å². The molecular formula is C21H24FN3O3. The zero-order valence-corrected chi connectivity index (χ0v) is 16.2. The molecule has 0 saturated heterocycles. The van der Waals surface area contributed by atoms with E-state index in [-0.39, 0.29) is 24.8 Å². The fourth-order valence-corrected chi connectivity index (χ4v) is 2.40. The van der Waals surface area contributed by atoms with E-state index in [1.165, 1.54) is 29.2 Å². The fourth-order valence-electron chi connectivity index (χ4n) is 2.40. The van der Waals surface area contributed by atoms with Crippen molar-refractivity contribution in [2.75, 3.05) is 16.8 Å². The van der Waals surface area contributed by atoms with Crippen LogP contribution in [0.5, 0.6) is 0 Å². The number of amides is 3. The summed E-state index contributed by atoms with van der Waals surface area (Å²) in [6.07, 6.45) is -0.0381. The van der Waals surface area contributed by atoms with Crippen molar-refractivity contribution in [1.82, 2.24) is 0 Å². The number of anilines is 2. The molecule has 0 aromatic heterocycles. The predicted octanol–water partition coefficient (Wildman–Crippen LogP) is 3.33. The number of rotatable bonds is 6. The average molecular weight is 385 g/mol. The number of nitrogens with one attached hydrogen (secondary N) is 1. The summed E-state index contributed by atoms with van der Waals surface area (Å²) >= 11 is 0. The van der Waals surface area contributed by atoms with Gasteiger partial charge in [0.25, 0.3) is 5.91 Å². The summed E-state index contributed by atoms with van der Waals surface area (Å²) in [6.45, 7) is 5.42. The van der Waals surface area contributed by atoms with Crippen molar-refractivity contribution >= 4 is 29.1 Å². The average Bonchev–Trinajstić information content (AvgIpc) is 2.62. The Kier molecular flexibility index (Phi) is 6.51. The second-order valence-corrected chi connectivity index (χ2v) is 7.43. The number of primary amides is 1. The largest absolute Gasteiger partial charge is 0.370 e. The Morgan fingerprint density at radius 3 is 2.29 bits per heavy atom. The van der Waals surface area contributed by atoms with Gasteiger partial charge in [-0.1, -0.05) is 26.8 Å². The summed E-state index contributed by atoms with van der Waals surface area (Å²) in [5, 5.41) is 2.78. The molecule has 0 aliphatic rings. The molecule has 2 rings (SSSR count). The van der Waals surface area contributed by atoms with Crippen LogP contribution in [0.15, 0.2) is 48.5 Å². The van der Waals surface area contributed by atoms with Gasteiger partial charge in [0, 0.05) is 35.3 Å². The van der Waals surface area contributed by atoms with Gasteiger partial charge < -0.3 is 16.0 Å². The van der Waals surface area contributed by atoms with Gasteiger partial charge in [0.1, 0.15) is 5.82 Å². The van der Waals surface area contributed by atoms with Crippen LogP contribution in [0, 0.1) is 11.2 Å². The van der Waals surface area contributed by atoms with Crippen LogP contribution in [0.2, 0.25) is 0 Å². The fraction of sp³-hybridized carbons (Fsp3) is 0.286. The van der Waals surface area contributed by atoms with Crippen molar-refractivity contribution in [2.24, 2.45) is 11.1 Å². The molecule has 0 heterocycles. The Morgan fingerprint density at radius 2 is 1.71 bits per heavy atom. The van der Waals surface area contributed by atoms with Gasteiger partial charge in [-0.2, -0.15) is 0 Å². The van der Waals surface area contributed by atoms with Crippen molar-refractivity contribution in [1.29, 1.82) is 0 Å². The predicted molar refractivity (Wildman–Crippen MR) is 106 cm³/mol. The van der Waals surface area contributed by atoms with Crippen LogP contribution in [-0.4, -0.2) is 24.3 Å². The standard InChI is InChI=1S/C21H24FN3O3/c1-21(2,3)20(28)24-16-6-4-5-14(13-16)19(27)25(12-11-18(23)26)17-9-7-15(22)8-10-17/h4-10,13H,11-12H2,1-3H3,(H2,23,26)(H,24,28). The lowest BCUT2D eigenvalue weighted by Gasteiger charge is -2.23. The molecule has 28 heavy (non-hydrogen) atoms. The van der Waals surface area contributed by atoms with Crippen LogP contribution in [0.1, 0.15) is 37.6 Å². The second-order valence-electron chi connectivity index (χ2n) is 7.43. The van der Waals surface area contributed by atoms with E-state index in [1.54, 1.807) is 45.0 Å². The summed E-state index contributed by atoms with van der Waals surface area (Å²) in [5.74, 6) is -1.55. The monoisotopic (exact) mass is 385 g/mol. The zero-order chi connectivity index (χ0) is 20.9. The number of carbonyl (C=O) groups excluding carboxylic acids is 3. The number of carbonyl (C=O) groups is 3. The highest BCUT2D eigenvalue weighted by Crippen LogP contribution is 2.22. The van der Waals surface area contributed by atoms with E-state index in [2.05, 4.69) is 5.32 Å². The molecule has 0 bridgehead atoms. The van der Waals surface area contributed by atoms with Crippen LogP contribution in [0.3, 0.4) is 0 Å². The zero-order valence-electron chi connectivity index (χ0n) is 16.2. The lowest BCUT2D eigenvalue weighted by atomic mass is 9.95. The molecule has 0 aliphatic heterocycles. The number of halogens is 1. The number of benzene rings is 2. The summed E-state index contributed by atoms with van der Waals surface area (Å²) in [6, 6.07) is 11.9. The first-order valence-corrected chi connectivity index (χ1v) is 8.85. The summed E-state index contributed by atoms with van der Waals surface area (Å²) in [7, 11) is 0. The molecule has 2 aromatic carbocycles. The van der Waals surface area contributed by atoms with Gasteiger partial charge >= 0.3 is 0 Å². The van der Waals surface area contributed by atoms with Gasteiger partial charge in [-0.25, -0.2) is 4.39 Å². The highest BCUT2D eigenvalue weighted by Gasteiger charge is 2.22. The Labute approximate surface area is 163 Å². The van der Waals surface area contributed by atoms with Crippen LogP contribution < -0.4 is 16.0 Å². The van der Waals surface area contributed by atoms with Gasteiger partial charge in [-0.3, -0.25) is 14.4 Å². The first-order valence-electron chi connectivity index (χ1n) is 8.85. The second kappa shape index (κ2) is 8.65. The first-order chi connectivity index (χ1) is 13.1. The number of hydrogen-bond acceptors (Lipinski definition) is 3. The van der Waals surface area contributed by atoms with Crippen LogP contribution in [0.4, 0.5) is 15.8 Å². The molecule has 3 N–H and O–H groups in total. The molecule has 2 aromatic rings. The molecule has 3 amide bonds. The normalized spacial score (nSPS) is 11.0. The minimum absolute atomic E-state index is 0.0381.